The Balaban J connectivity index is 1.51. The second-order valence-corrected chi connectivity index (χ2v) is 13.8. The van der Waals surface area contributed by atoms with E-state index < -0.39 is 29.2 Å². The smallest absolute Gasteiger partial charge is 0.345 e. The molecule has 5 rings (SSSR count). The topological polar surface area (TPSA) is 142 Å². The predicted octanol–water partition coefficient (Wildman–Crippen LogP) is 4.21. The van der Waals surface area contributed by atoms with Crippen molar-refractivity contribution in [2.24, 2.45) is 0 Å². The molecule has 2 aliphatic carbocycles. The van der Waals surface area contributed by atoms with E-state index in [1.54, 1.807) is 35.0 Å². The first-order valence-electron chi connectivity index (χ1n) is 11.6. The quantitative estimate of drug-likeness (QED) is 0.331. The van der Waals surface area contributed by atoms with Crippen LogP contribution in [0, 0.1) is 0 Å². The van der Waals surface area contributed by atoms with Gasteiger partial charge in [-0.15, -0.1) is 0 Å². The molecule has 200 valence electrons. The Kier molecular flexibility index (Phi) is 7.19. The van der Waals surface area contributed by atoms with E-state index in [2.05, 4.69) is 10.3 Å². The maximum absolute atomic E-state index is 13.5. The minimum absolute atomic E-state index is 0.0688. The minimum atomic E-state index is -4.80. The molecule has 0 aliphatic heterocycles. The number of allylic oxidation sites excluding steroid dienone is 3. The maximum Gasteiger partial charge on any atom is 0.345 e. The third-order valence-corrected chi connectivity index (χ3v) is 9.53. The Morgan fingerprint density at radius 3 is 2.63 bits per heavy atom. The summed E-state index contributed by atoms with van der Waals surface area (Å²) in [6, 6.07) is 9.83. The number of anilines is 1. The van der Waals surface area contributed by atoms with Gasteiger partial charge in [0.2, 0.25) is 10.0 Å². The van der Waals surface area contributed by atoms with Gasteiger partial charge in [-0.1, -0.05) is 23.2 Å². The van der Waals surface area contributed by atoms with Gasteiger partial charge in [-0.05, 0) is 61.4 Å². The van der Waals surface area contributed by atoms with E-state index >= 15 is 0 Å². The van der Waals surface area contributed by atoms with Crippen molar-refractivity contribution in [1.82, 2.24) is 14.9 Å². The van der Waals surface area contributed by atoms with Crippen molar-refractivity contribution in [1.29, 1.82) is 0 Å². The van der Waals surface area contributed by atoms with Crippen LogP contribution in [0.15, 0.2) is 71.0 Å². The summed E-state index contributed by atoms with van der Waals surface area (Å²) >= 11 is 12.1. The number of fused-ring (bicyclic) bond motifs is 1. The SMILES string of the molecule is O=C(NC1CC1)c1ccnc(-n2ccc3cc(N(CP(=O)(O)O)S(=O)(=O)C4C=C(Cl)C=C(Cl)C4)ccc32)c1. The van der Waals surface area contributed by atoms with Gasteiger partial charge in [0, 0.05) is 45.9 Å². The molecule has 1 fully saturated rings. The van der Waals surface area contributed by atoms with Crippen LogP contribution in [0.2, 0.25) is 0 Å². The van der Waals surface area contributed by atoms with Crippen molar-refractivity contribution in [3.05, 3.63) is 76.6 Å². The number of carbonyl (C=O) groups is 1. The summed E-state index contributed by atoms with van der Waals surface area (Å²) in [5.41, 5.74) is 1.19. The van der Waals surface area contributed by atoms with Crippen molar-refractivity contribution in [2.45, 2.75) is 30.6 Å². The third-order valence-electron chi connectivity index (χ3n) is 6.17. The fraction of sp³-hybridized carbons (Fsp3) is 0.250. The molecular weight excluding hydrogens is 574 g/mol. The van der Waals surface area contributed by atoms with Gasteiger partial charge in [-0.25, -0.2) is 13.4 Å². The molecule has 14 heteroatoms. The normalized spacial score (nSPS) is 18.2. The van der Waals surface area contributed by atoms with E-state index in [1.807, 2.05) is 0 Å². The highest BCUT2D eigenvalue weighted by atomic mass is 35.5. The first kappa shape index (κ1) is 26.9. The van der Waals surface area contributed by atoms with Gasteiger partial charge < -0.3 is 19.7 Å². The molecule has 0 bridgehead atoms. The van der Waals surface area contributed by atoms with Gasteiger partial charge in [0.25, 0.3) is 5.91 Å². The molecule has 0 radical (unpaired) electrons. The van der Waals surface area contributed by atoms with Gasteiger partial charge in [0.1, 0.15) is 17.4 Å². The van der Waals surface area contributed by atoms with Crippen molar-refractivity contribution in [3.8, 4) is 5.82 Å². The molecule has 1 amide bonds. The Bertz CT molecular complexity index is 1640. The zero-order chi connectivity index (χ0) is 27.2. The molecular formula is C24H23Cl2N4O6PS. The molecule has 1 aromatic carbocycles. The van der Waals surface area contributed by atoms with E-state index in [0.29, 0.717) is 26.6 Å². The lowest BCUT2D eigenvalue weighted by Gasteiger charge is -2.29. The van der Waals surface area contributed by atoms with Crippen LogP contribution in [0.1, 0.15) is 29.6 Å². The number of amides is 1. The molecule has 2 aliphatic rings. The fourth-order valence-corrected chi connectivity index (χ4v) is 8.01. The summed E-state index contributed by atoms with van der Waals surface area (Å²) in [5.74, 6) is 0.305. The maximum atomic E-state index is 13.5. The minimum Gasteiger partial charge on any atom is -0.349 e. The number of carbonyl (C=O) groups excluding carboxylic acids is 1. The van der Waals surface area contributed by atoms with Gasteiger partial charge in [-0.3, -0.25) is 13.7 Å². The van der Waals surface area contributed by atoms with Crippen LogP contribution in [0.5, 0.6) is 0 Å². The molecule has 1 unspecified atom stereocenters. The lowest BCUT2D eigenvalue weighted by atomic mass is 10.2. The van der Waals surface area contributed by atoms with Crippen LogP contribution < -0.4 is 9.62 Å². The zero-order valence-corrected chi connectivity index (χ0v) is 23.0. The number of aromatic nitrogens is 2. The monoisotopic (exact) mass is 596 g/mol. The van der Waals surface area contributed by atoms with E-state index in [0.717, 1.165) is 12.8 Å². The Labute approximate surface area is 228 Å². The highest BCUT2D eigenvalue weighted by molar-refractivity contribution is 7.93. The number of hydrogen-bond acceptors (Lipinski definition) is 5. The van der Waals surface area contributed by atoms with Crippen molar-refractivity contribution in [2.75, 3.05) is 10.6 Å². The molecule has 0 spiro atoms. The number of sulfonamides is 1. The highest BCUT2D eigenvalue weighted by Gasteiger charge is 2.37. The van der Waals surface area contributed by atoms with Gasteiger partial charge in [0.15, 0.2) is 0 Å². The standard InChI is InChI=1S/C24H23Cl2N4O6PS/c25-17-11-18(26)13-21(12-17)38(35,36)30(14-37(32,33)34)20-3-4-22-15(9-20)6-8-29(22)23-10-16(5-7-27-23)24(31)28-19-1-2-19/h3-12,19,21H,1-2,13-14H2,(H,28,31)(H2,32,33,34). The first-order valence-corrected chi connectivity index (χ1v) is 15.6. The molecule has 1 atom stereocenters. The van der Waals surface area contributed by atoms with Crippen LogP contribution in [0.25, 0.3) is 16.7 Å². The first-order chi connectivity index (χ1) is 17.9. The largest absolute Gasteiger partial charge is 0.349 e. The number of halogens is 2. The van der Waals surface area contributed by atoms with Crippen molar-refractivity contribution in [3.63, 3.8) is 0 Å². The summed E-state index contributed by atoms with van der Waals surface area (Å²) in [4.78, 5) is 36.2. The van der Waals surface area contributed by atoms with E-state index in [4.69, 9.17) is 23.2 Å². The van der Waals surface area contributed by atoms with Crippen LogP contribution >= 0.6 is 30.8 Å². The molecule has 2 heterocycles. The molecule has 3 N–H and O–H groups in total. The second kappa shape index (κ2) is 10.1. The molecule has 10 nitrogen and oxygen atoms in total. The summed E-state index contributed by atoms with van der Waals surface area (Å²) in [6.07, 6.45) is 6.78. The summed E-state index contributed by atoms with van der Waals surface area (Å²) in [5, 5.41) is 2.68. The zero-order valence-electron chi connectivity index (χ0n) is 19.7. The lowest BCUT2D eigenvalue weighted by molar-refractivity contribution is 0.0951. The van der Waals surface area contributed by atoms with Gasteiger partial charge >= 0.3 is 7.60 Å². The average molecular weight is 597 g/mol. The number of hydrogen-bond donors (Lipinski definition) is 3. The van der Waals surface area contributed by atoms with Crippen LogP contribution in [-0.4, -0.2) is 51.2 Å². The third kappa shape index (κ3) is 5.83. The molecule has 1 saturated carbocycles. The van der Waals surface area contributed by atoms with Crippen molar-refractivity contribution < 1.29 is 27.6 Å². The predicted molar refractivity (Wildman–Crippen MR) is 146 cm³/mol. The molecule has 2 aromatic heterocycles. The molecule has 38 heavy (non-hydrogen) atoms. The van der Waals surface area contributed by atoms with E-state index in [-0.39, 0.29) is 34.1 Å². The van der Waals surface area contributed by atoms with Crippen LogP contribution in [-0.2, 0) is 14.6 Å². The Morgan fingerprint density at radius 2 is 1.95 bits per heavy atom. The number of nitrogens with zero attached hydrogens (tertiary/aromatic N) is 3. The Morgan fingerprint density at radius 1 is 1.18 bits per heavy atom. The van der Waals surface area contributed by atoms with Crippen molar-refractivity contribution >= 4 is 63.3 Å². The number of rotatable bonds is 8. The summed E-state index contributed by atoms with van der Waals surface area (Å²) in [7, 11) is -9.12. The van der Waals surface area contributed by atoms with E-state index in [9.17, 15) is 27.6 Å². The highest BCUT2D eigenvalue weighted by Crippen LogP contribution is 2.41. The summed E-state index contributed by atoms with van der Waals surface area (Å²) < 4.78 is 41.5. The molecule has 0 saturated heterocycles. The average Bonchev–Trinajstić information content (AvgIpc) is 3.56. The summed E-state index contributed by atoms with van der Waals surface area (Å²) in [6.45, 7) is 0. The van der Waals surface area contributed by atoms with Gasteiger partial charge in [-0.2, -0.15) is 0 Å². The van der Waals surface area contributed by atoms with Gasteiger partial charge in [0.05, 0.1) is 11.2 Å². The van der Waals surface area contributed by atoms with Crippen LogP contribution in [0.3, 0.4) is 0 Å². The Hall–Kier alpha value is -2.66. The number of nitrogens with one attached hydrogen (secondary N) is 1. The lowest BCUT2D eigenvalue weighted by Crippen LogP contribution is -2.39. The second-order valence-electron chi connectivity index (χ2n) is 9.16. The molecule has 3 aromatic rings. The number of benzene rings is 1. The fourth-order valence-electron chi connectivity index (χ4n) is 4.19. The van der Waals surface area contributed by atoms with E-state index in [1.165, 1.54) is 30.5 Å². The number of pyridine rings is 1. The van der Waals surface area contributed by atoms with Crippen LogP contribution in [0.4, 0.5) is 5.69 Å².